The van der Waals surface area contributed by atoms with Crippen LogP contribution in [0.1, 0.15) is 73.9 Å². The summed E-state index contributed by atoms with van der Waals surface area (Å²) in [5.41, 5.74) is 3.39. The molecule has 2 aromatic carbocycles. The van der Waals surface area contributed by atoms with Gasteiger partial charge in [0.1, 0.15) is 5.75 Å². The predicted molar refractivity (Wildman–Crippen MR) is 161 cm³/mol. The van der Waals surface area contributed by atoms with Crippen LogP contribution in [0.15, 0.2) is 36.4 Å². The summed E-state index contributed by atoms with van der Waals surface area (Å²) in [6, 6.07) is 11.4. The molecule has 2 bridgehead atoms. The Labute approximate surface area is 248 Å². The first-order valence-corrected chi connectivity index (χ1v) is 17.1. The molecule has 1 fully saturated rings. The molecule has 2 heterocycles. The number of benzene rings is 2. The summed E-state index contributed by atoms with van der Waals surface area (Å²) in [6.07, 6.45) is 5.96. The number of aliphatic hydroxyl groups is 1. The van der Waals surface area contributed by atoms with Gasteiger partial charge in [-0.05, 0) is 110 Å². The maximum atomic E-state index is 13.2. The molecule has 6 atom stereocenters. The first-order valence-electron chi connectivity index (χ1n) is 15.1. The van der Waals surface area contributed by atoms with Crippen molar-refractivity contribution >= 4 is 33.2 Å². The number of hydrogen-bond donors (Lipinski definition) is 2. The number of anilines is 1. The Morgan fingerprint density at radius 2 is 1.93 bits per heavy atom. The summed E-state index contributed by atoms with van der Waals surface area (Å²) < 4.78 is 34.7. The highest BCUT2D eigenvalue weighted by molar-refractivity contribution is 7.90. The van der Waals surface area contributed by atoms with E-state index in [0.29, 0.717) is 43.2 Å². The van der Waals surface area contributed by atoms with Gasteiger partial charge in [0, 0.05) is 29.1 Å². The van der Waals surface area contributed by atoms with Gasteiger partial charge in [0.05, 0.1) is 24.2 Å². The maximum absolute atomic E-state index is 13.2. The molecule has 2 aliphatic heterocycles. The zero-order valence-corrected chi connectivity index (χ0v) is 25.5. The number of halogens is 1. The number of ether oxygens (including phenoxy) is 1. The van der Waals surface area contributed by atoms with Gasteiger partial charge in [-0.2, -0.15) is 0 Å². The first kappa shape index (κ1) is 28.8. The minimum absolute atomic E-state index is 0.128. The van der Waals surface area contributed by atoms with Crippen LogP contribution < -0.4 is 14.4 Å². The van der Waals surface area contributed by atoms with Gasteiger partial charge < -0.3 is 14.7 Å². The van der Waals surface area contributed by atoms with E-state index in [9.17, 15) is 18.3 Å². The van der Waals surface area contributed by atoms with E-state index >= 15 is 0 Å². The number of fused-ring (bicyclic) bond motifs is 4. The van der Waals surface area contributed by atoms with Crippen molar-refractivity contribution in [3.05, 3.63) is 58.1 Å². The molecule has 0 radical (unpaired) electrons. The Hall–Kier alpha value is -2.29. The van der Waals surface area contributed by atoms with Crippen LogP contribution in [0.4, 0.5) is 5.69 Å². The number of carbonyl (C=O) groups is 1. The molecule has 1 amide bonds. The van der Waals surface area contributed by atoms with Crippen LogP contribution in [-0.4, -0.2) is 51.0 Å². The monoisotopic (exact) mass is 600 g/mol. The molecule has 4 aliphatic rings. The van der Waals surface area contributed by atoms with Crippen molar-refractivity contribution < 1.29 is 23.1 Å². The topological polar surface area (TPSA) is 95.9 Å². The van der Waals surface area contributed by atoms with Gasteiger partial charge in [-0.1, -0.05) is 31.5 Å². The third-order valence-corrected chi connectivity index (χ3v) is 11.7. The zero-order chi connectivity index (χ0) is 28.9. The third kappa shape index (κ3) is 5.84. The molecule has 2 aromatic rings. The van der Waals surface area contributed by atoms with Crippen LogP contribution in [0, 0.1) is 23.7 Å². The third-order valence-electron chi connectivity index (χ3n) is 9.93. The summed E-state index contributed by atoms with van der Waals surface area (Å²) in [5.74, 6) is 0.536. The van der Waals surface area contributed by atoms with Crippen molar-refractivity contribution in [3.8, 4) is 5.75 Å². The smallest absolute Gasteiger partial charge is 0.264 e. The van der Waals surface area contributed by atoms with Crippen LogP contribution in [-0.2, 0) is 21.9 Å². The van der Waals surface area contributed by atoms with Crippen LogP contribution in [0.5, 0.6) is 5.75 Å². The molecular formula is C32H41ClN2O5S. The van der Waals surface area contributed by atoms with E-state index < -0.39 is 22.0 Å². The highest BCUT2D eigenvalue weighted by Gasteiger charge is 2.44. The van der Waals surface area contributed by atoms with Crippen LogP contribution in [0.2, 0.25) is 5.02 Å². The molecule has 6 rings (SSSR count). The van der Waals surface area contributed by atoms with E-state index in [-0.39, 0.29) is 28.9 Å². The number of nitrogens with one attached hydrogen (secondary N) is 1. The molecule has 0 aromatic heterocycles. The van der Waals surface area contributed by atoms with E-state index in [1.165, 1.54) is 11.1 Å². The van der Waals surface area contributed by atoms with Crippen molar-refractivity contribution in [2.24, 2.45) is 23.7 Å². The summed E-state index contributed by atoms with van der Waals surface area (Å²) >= 11 is 6.38. The second-order valence-electron chi connectivity index (χ2n) is 13.3. The predicted octanol–water partition coefficient (Wildman–Crippen LogP) is 5.33. The lowest BCUT2D eigenvalue weighted by molar-refractivity contribution is 0.000591. The van der Waals surface area contributed by atoms with E-state index in [1.807, 2.05) is 13.0 Å². The van der Waals surface area contributed by atoms with Crippen molar-refractivity contribution in [3.63, 3.8) is 0 Å². The molecule has 1 saturated carbocycles. The van der Waals surface area contributed by atoms with Gasteiger partial charge in [0.2, 0.25) is 10.0 Å². The van der Waals surface area contributed by atoms with Crippen molar-refractivity contribution in [1.82, 2.24) is 4.72 Å². The molecule has 9 heteroatoms. The van der Waals surface area contributed by atoms with Crippen molar-refractivity contribution in [2.45, 2.75) is 70.3 Å². The average Bonchev–Trinajstić information content (AvgIpc) is 3.02. The summed E-state index contributed by atoms with van der Waals surface area (Å²) in [6.45, 7) is 5.95. The van der Waals surface area contributed by atoms with E-state index in [4.69, 9.17) is 16.3 Å². The molecule has 2 N–H and O–H groups in total. The van der Waals surface area contributed by atoms with Gasteiger partial charge >= 0.3 is 0 Å². The molecule has 1 spiro atoms. The van der Waals surface area contributed by atoms with Crippen LogP contribution in [0.3, 0.4) is 0 Å². The lowest BCUT2D eigenvalue weighted by Crippen LogP contribution is -2.49. The Morgan fingerprint density at radius 1 is 1.10 bits per heavy atom. The van der Waals surface area contributed by atoms with Crippen LogP contribution >= 0.6 is 11.6 Å². The quantitative estimate of drug-likeness (QED) is 0.425. The lowest BCUT2D eigenvalue weighted by Gasteiger charge is -2.46. The number of aryl methyl sites for hydroxylation is 1. The number of rotatable bonds is 0. The second kappa shape index (κ2) is 11.1. The maximum Gasteiger partial charge on any atom is 0.264 e. The number of hydrogen-bond acceptors (Lipinski definition) is 6. The molecule has 41 heavy (non-hydrogen) atoms. The number of amides is 1. The normalized spacial score (nSPS) is 33.4. The Balaban J connectivity index is 1.41. The van der Waals surface area contributed by atoms with E-state index in [2.05, 4.69) is 28.7 Å². The van der Waals surface area contributed by atoms with Crippen LogP contribution in [0.25, 0.3) is 0 Å². The molecule has 222 valence electrons. The molecular weight excluding hydrogens is 560 g/mol. The fourth-order valence-corrected chi connectivity index (χ4v) is 9.48. The molecule has 2 aliphatic carbocycles. The standard InChI is InChI=1S/C32H41ClN2O5S/c1-20-12-21(2)17-41(38,39)34-31(37)23-6-10-30-28(15-23)35(16-24-5-8-26(24)29(36)13-20)18-32(19-40-30)11-3-4-22-14-25(33)7-9-27(22)32/h6-7,9-10,14-15,20-21,24,26,29,36H,3-5,8,11-13,16-19H2,1-2H3,(H,34,37)/t20-,21+,24-,26+,29-,32-/m0/s1. The Bertz CT molecular complexity index is 1430. The Morgan fingerprint density at radius 3 is 2.71 bits per heavy atom. The zero-order valence-electron chi connectivity index (χ0n) is 23.9. The number of carbonyl (C=O) groups excluding carboxylic acids is 1. The fourth-order valence-electron chi connectivity index (χ4n) is 7.92. The SMILES string of the molecule is C[C@@H]1C[C@H](C)C[C@H](O)[C@@H]2CC[C@H]2CN2C[C@@]3(CCCc4cc(Cl)ccc43)COc3ccc(cc32)C(=O)NS(=O)(=O)C1. The summed E-state index contributed by atoms with van der Waals surface area (Å²) in [5, 5.41) is 12.0. The first-order chi connectivity index (χ1) is 19.5. The highest BCUT2D eigenvalue weighted by Crippen LogP contribution is 2.47. The molecule has 0 unspecified atom stereocenters. The van der Waals surface area contributed by atoms with Gasteiger partial charge in [0.15, 0.2) is 0 Å². The molecule has 0 saturated heterocycles. The minimum atomic E-state index is -3.82. The number of aliphatic hydroxyl groups excluding tert-OH is 1. The van der Waals surface area contributed by atoms with E-state index in [0.717, 1.165) is 49.4 Å². The second-order valence-corrected chi connectivity index (χ2v) is 15.5. The largest absolute Gasteiger partial charge is 0.490 e. The van der Waals surface area contributed by atoms with Crippen molar-refractivity contribution in [1.29, 1.82) is 0 Å². The number of nitrogens with zero attached hydrogens (tertiary/aromatic N) is 1. The van der Waals surface area contributed by atoms with E-state index in [1.54, 1.807) is 18.2 Å². The van der Waals surface area contributed by atoms with Gasteiger partial charge in [-0.3, -0.25) is 4.79 Å². The number of sulfonamides is 1. The van der Waals surface area contributed by atoms with Crippen molar-refractivity contribution in [2.75, 3.05) is 30.3 Å². The van der Waals surface area contributed by atoms with Gasteiger partial charge in [-0.15, -0.1) is 0 Å². The summed E-state index contributed by atoms with van der Waals surface area (Å²) in [7, 11) is -3.82. The highest BCUT2D eigenvalue weighted by atomic mass is 35.5. The lowest BCUT2D eigenvalue weighted by atomic mass is 9.67. The minimum Gasteiger partial charge on any atom is -0.490 e. The average molecular weight is 601 g/mol. The van der Waals surface area contributed by atoms with Gasteiger partial charge in [-0.25, -0.2) is 13.1 Å². The molecule has 7 nitrogen and oxygen atoms in total. The fraction of sp³-hybridized carbons (Fsp3) is 0.594. The summed E-state index contributed by atoms with van der Waals surface area (Å²) in [4.78, 5) is 15.6. The van der Waals surface area contributed by atoms with Gasteiger partial charge in [0.25, 0.3) is 5.91 Å². The Kier molecular flexibility index (Phi) is 7.79.